The minimum absolute atomic E-state index is 0.863. The molecule has 5 aromatic heterocycles. The van der Waals surface area contributed by atoms with Crippen LogP contribution >= 0.6 is 0 Å². The van der Waals surface area contributed by atoms with Gasteiger partial charge in [-0.3, -0.25) is 17.9 Å². The molecule has 0 fully saturated rings. The second-order valence-corrected chi connectivity index (χ2v) is 21.4. The Bertz CT molecular complexity index is 5320. The molecule has 0 saturated heterocycles. The summed E-state index contributed by atoms with van der Waals surface area (Å²) < 4.78 is 11.8. The van der Waals surface area contributed by atoms with Crippen LogP contribution in [0.3, 0.4) is 0 Å². The van der Waals surface area contributed by atoms with E-state index in [-0.39, 0.29) is 0 Å². The first-order valence-corrected chi connectivity index (χ1v) is 28.0. The molecule has 7 nitrogen and oxygen atoms in total. The van der Waals surface area contributed by atoms with Gasteiger partial charge in [0.05, 0.1) is 60.9 Å². The van der Waals surface area contributed by atoms with Gasteiger partial charge in [-0.05, 0) is 154 Å². The zero-order valence-electron chi connectivity index (χ0n) is 44.7. The number of rotatable bonds is 8. The highest BCUT2D eigenvalue weighted by atomic mass is 15.2. The first-order valence-electron chi connectivity index (χ1n) is 28.0. The Morgan fingerprint density at radius 2 is 0.659 bits per heavy atom. The van der Waals surface area contributed by atoms with Crippen LogP contribution in [0.4, 0.5) is 0 Å². The van der Waals surface area contributed by atoms with E-state index in [1.54, 1.807) is 0 Å². The lowest BCUT2D eigenvalue weighted by Crippen LogP contribution is -2.04. The average molecular weight is 1050 g/mol. The minimum Gasteiger partial charge on any atom is -0.308 e. The fourth-order valence-electron chi connectivity index (χ4n) is 13.2. The number of fused-ring (bicyclic) bond motifs is 13. The molecule has 0 bridgehead atoms. The van der Waals surface area contributed by atoms with Gasteiger partial charge >= 0.3 is 0 Å². The van der Waals surface area contributed by atoms with Crippen molar-refractivity contribution >= 4 is 77.5 Å². The number of benzene rings is 12. The van der Waals surface area contributed by atoms with E-state index in [4.69, 9.17) is 9.97 Å². The highest BCUT2D eigenvalue weighted by molar-refractivity contribution is 6.11. The van der Waals surface area contributed by atoms with Crippen molar-refractivity contribution in [2.45, 2.75) is 6.92 Å². The summed E-state index contributed by atoms with van der Waals surface area (Å²) in [6.45, 7) is 2.33. The van der Waals surface area contributed by atoms with Crippen LogP contribution in [0.1, 0.15) is 5.56 Å². The molecule has 82 heavy (non-hydrogen) atoms. The fraction of sp³-hybridized carbons (Fsp3) is 0.0133. The molecule has 0 spiro atoms. The maximum absolute atomic E-state index is 5.48. The zero-order valence-corrected chi connectivity index (χ0v) is 44.7. The third-order valence-electron chi connectivity index (χ3n) is 16.9. The monoisotopic (exact) mass is 1050 g/mol. The van der Waals surface area contributed by atoms with E-state index in [2.05, 4.69) is 308 Å². The third-order valence-corrected chi connectivity index (χ3v) is 16.9. The molecule has 0 saturated carbocycles. The average Bonchev–Trinajstić information content (AvgIpc) is 4.53. The summed E-state index contributed by atoms with van der Waals surface area (Å²) in [7, 11) is 0. The van der Waals surface area contributed by atoms with E-state index in [1.807, 2.05) is 0 Å². The maximum atomic E-state index is 5.48. The van der Waals surface area contributed by atoms with Gasteiger partial charge < -0.3 is 4.57 Å². The lowest BCUT2D eigenvalue weighted by Gasteiger charge is -2.23. The second-order valence-electron chi connectivity index (χ2n) is 21.4. The van der Waals surface area contributed by atoms with Crippen molar-refractivity contribution in [3.63, 3.8) is 0 Å². The lowest BCUT2D eigenvalue weighted by molar-refractivity contribution is 1.11. The van der Waals surface area contributed by atoms with E-state index in [0.29, 0.717) is 0 Å². The van der Waals surface area contributed by atoms with Gasteiger partial charge in [-0.25, -0.2) is 9.97 Å². The van der Waals surface area contributed by atoms with Crippen LogP contribution in [-0.4, -0.2) is 32.5 Å². The summed E-state index contributed by atoms with van der Waals surface area (Å²) in [5.41, 5.74) is 26.4. The molecule has 0 amide bonds. The van der Waals surface area contributed by atoms with Crippen LogP contribution in [0.2, 0.25) is 0 Å². The van der Waals surface area contributed by atoms with Crippen molar-refractivity contribution in [2.24, 2.45) is 0 Å². The van der Waals surface area contributed by atoms with Crippen LogP contribution < -0.4 is 0 Å². The van der Waals surface area contributed by atoms with Gasteiger partial charge in [0.1, 0.15) is 0 Å². The van der Waals surface area contributed by atoms with Crippen LogP contribution in [0, 0.1) is 6.92 Å². The molecule has 0 unspecified atom stereocenters. The first kappa shape index (κ1) is 45.9. The molecular formula is C75H49N7. The van der Waals surface area contributed by atoms with E-state index in [1.165, 1.54) is 33.0 Å². The molecule has 0 radical (unpaired) electrons. The van der Waals surface area contributed by atoms with Gasteiger partial charge in [0.2, 0.25) is 11.6 Å². The highest BCUT2D eigenvalue weighted by Gasteiger charge is 2.27. The van der Waals surface area contributed by atoms with Crippen molar-refractivity contribution in [3.8, 4) is 72.7 Å². The summed E-state index contributed by atoms with van der Waals surface area (Å²) in [5, 5.41) is 2.43. The number of hydrogen-bond acceptors (Lipinski definition) is 2. The van der Waals surface area contributed by atoms with Gasteiger partial charge in [-0.1, -0.05) is 188 Å². The Hall–Kier alpha value is -11.0. The molecule has 7 heteroatoms. The molecule has 384 valence electrons. The fourth-order valence-corrected chi connectivity index (χ4v) is 13.2. The van der Waals surface area contributed by atoms with Crippen LogP contribution in [0.5, 0.6) is 0 Å². The molecule has 17 rings (SSSR count). The molecule has 0 aliphatic carbocycles. The summed E-state index contributed by atoms with van der Waals surface area (Å²) in [5.74, 6) is 1.73. The second kappa shape index (κ2) is 18.0. The third kappa shape index (κ3) is 6.90. The predicted octanol–water partition coefficient (Wildman–Crippen LogP) is 18.9. The number of para-hydroxylation sites is 4. The number of imidazole rings is 4. The topological polar surface area (TPSA) is 49.4 Å². The number of hydrogen-bond donors (Lipinski definition) is 0. The summed E-state index contributed by atoms with van der Waals surface area (Å²) in [4.78, 5) is 10.9. The Morgan fingerprint density at radius 3 is 1.13 bits per heavy atom. The van der Waals surface area contributed by atoms with Gasteiger partial charge in [-0.15, -0.1) is 0 Å². The van der Waals surface area contributed by atoms with E-state index >= 15 is 0 Å². The van der Waals surface area contributed by atoms with Gasteiger partial charge in [-0.2, -0.15) is 0 Å². The van der Waals surface area contributed by atoms with E-state index in [9.17, 15) is 0 Å². The van der Waals surface area contributed by atoms with Crippen LogP contribution in [-0.2, 0) is 0 Å². The van der Waals surface area contributed by atoms with Crippen molar-refractivity contribution in [2.75, 3.05) is 0 Å². The molecule has 0 atom stereocenters. The Morgan fingerprint density at radius 1 is 0.268 bits per heavy atom. The number of nitrogens with zero attached hydrogens (tertiary/aromatic N) is 7. The molecule has 0 N–H and O–H groups in total. The minimum atomic E-state index is 0.863. The van der Waals surface area contributed by atoms with Crippen LogP contribution in [0.25, 0.3) is 150 Å². The van der Waals surface area contributed by atoms with Gasteiger partial charge in [0.25, 0.3) is 0 Å². The Kier molecular flexibility index (Phi) is 10.1. The van der Waals surface area contributed by atoms with Crippen molar-refractivity contribution in [1.29, 1.82) is 0 Å². The standard InChI is InChI=1S/C75H49N7/c1-48-72(51-25-11-4-12-26-51)60(54-35-39-62-68(45-54)81-70-43-52(49-21-7-2-8-22-49)37-41-66(70)78(74(81)76-62)56-27-13-5-14-28-56)47-61(73(48)80-64-33-19-17-31-58(64)59-32-18-20-34-65(59)80)55-36-40-63-69(46-55)82-71-44-53(50-23-9-3-10-24-50)38-42-67(71)79(75(82)77-63)57-29-15-6-16-30-57/h2-47H,1H3. The largest absolute Gasteiger partial charge is 0.308 e. The zero-order chi connectivity index (χ0) is 54.0. The lowest BCUT2D eigenvalue weighted by atomic mass is 9.85. The molecule has 5 heterocycles. The van der Waals surface area contributed by atoms with Gasteiger partial charge in [0.15, 0.2) is 0 Å². The molecule has 0 aliphatic rings. The molecule has 17 aromatic rings. The molecule has 0 aliphatic heterocycles. The van der Waals surface area contributed by atoms with Crippen molar-refractivity contribution in [1.82, 2.24) is 32.5 Å². The Labute approximate surface area is 471 Å². The quantitative estimate of drug-likeness (QED) is 0.152. The summed E-state index contributed by atoms with van der Waals surface area (Å²) >= 11 is 0. The molecule has 12 aromatic carbocycles. The normalized spacial score (nSPS) is 12.0. The maximum Gasteiger partial charge on any atom is 0.220 e. The SMILES string of the molecule is Cc1c(-c2ccccc2)c(-c2ccc3nc4n(-c5ccccc5)c5ccc(-c6ccccc6)cc5n4c3c2)cc(-c2ccc3nc4n(-c5ccccc5)c5ccc(-c6ccccc6)cc5n4c3c2)c1-n1c2ccccc2c2ccccc21. The highest BCUT2D eigenvalue weighted by Crippen LogP contribution is 2.47. The van der Waals surface area contributed by atoms with Crippen molar-refractivity contribution < 1.29 is 0 Å². The summed E-state index contributed by atoms with van der Waals surface area (Å²) in [6, 6.07) is 101. The predicted molar refractivity (Wildman–Crippen MR) is 339 cm³/mol. The van der Waals surface area contributed by atoms with Gasteiger partial charge in [0, 0.05) is 27.7 Å². The first-order chi connectivity index (χ1) is 40.6. The van der Waals surface area contributed by atoms with Crippen LogP contribution in [0.15, 0.2) is 279 Å². The van der Waals surface area contributed by atoms with E-state index < -0.39 is 0 Å². The van der Waals surface area contributed by atoms with E-state index in [0.717, 1.165) is 123 Å². The van der Waals surface area contributed by atoms with Crippen molar-refractivity contribution in [3.05, 3.63) is 285 Å². The number of aromatic nitrogens is 7. The smallest absolute Gasteiger partial charge is 0.220 e. The summed E-state index contributed by atoms with van der Waals surface area (Å²) in [6.07, 6.45) is 0. The molecular weight excluding hydrogens is 999 g/mol. The Balaban J connectivity index is 0.976.